The molecule has 0 aromatic carbocycles. The second kappa shape index (κ2) is 7.22. The van der Waals surface area contributed by atoms with Gasteiger partial charge in [0.2, 0.25) is 0 Å². The molecule has 2 fully saturated rings. The van der Waals surface area contributed by atoms with Gasteiger partial charge in [0.1, 0.15) is 11.7 Å². The number of likely N-dealkylation sites (tertiary alicyclic amines) is 1. The molecule has 4 aliphatic rings. The summed E-state index contributed by atoms with van der Waals surface area (Å²) < 4.78 is 54.1. The van der Waals surface area contributed by atoms with Crippen molar-refractivity contribution in [1.82, 2.24) is 19.0 Å². The summed E-state index contributed by atoms with van der Waals surface area (Å²) in [7, 11) is -1.44. The summed E-state index contributed by atoms with van der Waals surface area (Å²) in [4.78, 5) is 4.30. The molecule has 0 spiro atoms. The van der Waals surface area contributed by atoms with Crippen LogP contribution in [0, 0.1) is 5.92 Å². The van der Waals surface area contributed by atoms with Gasteiger partial charge in [-0.3, -0.25) is 9.80 Å². The van der Waals surface area contributed by atoms with Crippen LogP contribution in [-0.4, -0.2) is 64.4 Å². The highest BCUT2D eigenvalue weighted by atomic mass is 32.2. The van der Waals surface area contributed by atoms with Crippen molar-refractivity contribution in [2.45, 2.75) is 62.1 Å². The summed E-state index contributed by atoms with van der Waals surface area (Å²) in [5.74, 6) is -1.18. The number of hydrogen-bond donors (Lipinski definition) is 1. The summed E-state index contributed by atoms with van der Waals surface area (Å²) >= 11 is 0. The fourth-order valence-electron chi connectivity index (χ4n) is 5.19. The van der Waals surface area contributed by atoms with Crippen LogP contribution < -0.4 is 5.73 Å². The molecule has 164 valence electrons. The Hall–Kier alpha value is -1.62. The number of piperidine rings is 1. The lowest BCUT2D eigenvalue weighted by molar-refractivity contribution is 0.0366. The number of nitrogens with two attached hydrogens (primary N) is 1. The highest BCUT2D eigenvalue weighted by Crippen LogP contribution is 2.37. The number of allylic oxidation sites excluding steroid dienone is 3. The van der Waals surface area contributed by atoms with Gasteiger partial charge in [0, 0.05) is 61.9 Å². The van der Waals surface area contributed by atoms with Crippen molar-refractivity contribution >= 4 is 10.0 Å². The van der Waals surface area contributed by atoms with E-state index in [1.807, 2.05) is 11.9 Å². The van der Waals surface area contributed by atoms with Crippen LogP contribution in [-0.2, 0) is 23.1 Å². The van der Waals surface area contributed by atoms with E-state index >= 15 is 0 Å². The predicted molar refractivity (Wildman–Crippen MR) is 108 cm³/mol. The molecule has 0 radical (unpaired) electrons. The molecule has 4 atom stereocenters. The molecular formula is C20H27F2N5O2S. The van der Waals surface area contributed by atoms with Crippen molar-refractivity contribution in [1.29, 1.82) is 0 Å². The fourth-order valence-corrected chi connectivity index (χ4v) is 6.72. The highest BCUT2D eigenvalue weighted by molar-refractivity contribution is 7.90. The monoisotopic (exact) mass is 439 g/mol. The maximum Gasteiger partial charge on any atom is 0.256 e. The van der Waals surface area contributed by atoms with Crippen molar-refractivity contribution in [3.8, 4) is 0 Å². The van der Waals surface area contributed by atoms with E-state index in [2.05, 4.69) is 10.00 Å². The molecule has 2 aliphatic heterocycles. The second-order valence-corrected chi connectivity index (χ2v) is 11.2. The standard InChI is InChI=1S/C20H27F2N5O2S/c1-25-10-14(7-18(23)20(25)16-6-13(21)2-5-17(16)22)26-8-12-9-27(24-19(12)11-26)30(28,29)15-3-4-15/h2,5,9,14-16,18,20H,3-4,6-8,10-11,23H2,1H3/t14?,16?,18?,20-/m1/s1. The molecule has 5 rings (SSSR count). The number of halogens is 2. The lowest BCUT2D eigenvalue weighted by atomic mass is 9.81. The Balaban J connectivity index is 1.26. The topological polar surface area (TPSA) is 84.5 Å². The van der Waals surface area contributed by atoms with Crippen molar-refractivity contribution in [3.05, 3.63) is 41.3 Å². The molecule has 1 saturated heterocycles. The molecule has 7 nitrogen and oxygen atoms in total. The minimum absolute atomic E-state index is 0.0500. The first kappa shape index (κ1) is 20.3. The molecule has 2 aliphatic carbocycles. The zero-order chi connectivity index (χ0) is 21.2. The minimum Gasteiger partial charge on any atom is -0.326 e. The Bertz CT molecular complexity index is 981. The van der Waals surface area contributed by atoms with Crippen LogP contribution in [0.1, 0.15) is 36.9 Å². The zero-order valence-electron chi connectivity index (χ0n) is 16.9. The fraction of sp³-hybridized carbons (Fsp3) is 0.650. The van der Waals surface area contributed by atoms with E-state index in [9.17, 15) is 17.2 Å². The molecule has 30 heavy (non-hydrogen) atoms. The molecule has 3 unspecified atom stereocenters. The van der Waals surface area contributed by atoms with Gasteiger partial charge >= 0.3 is 0 Å². The Labute approximate surface area is 175 Å². The van der Waals surface area contributed by atoms with E-state index < -0.39 is 15.9 Å². The number of hydrogen-bond acceptors (Lipinski definition) is 6. The molecule has 0 amide bonds. The van der Waals surface area contributed by atoms with Crippen LogP contribution in [0.3, 0.4) is 0 Å². The third kappa shape index (κ3) is 3.43. The Kier molecular flexibility index (Phi) is 4.88. The SMILES string of the molecule is CN1CC(N2Cc3cn(S(=O)(=O)C4CC4)nc3C2)CC(N)[C@H]1C1CC(F)=CC=C1F. The summed E-state index contributed by atoms with van der Waals surface area (Å²) in [6.45, 7) is 1.89. The third-order valence-corrected chi connectivity index (χ3v) is 8.92. The van der Waals surface area contributed by atoms with Crippen LogP contribution in [0.15, 0.2) is 30.0 Å². The lowest BCUT2D eigenvalue weighted by Gasteiger charge is -2.47. The Morgan fingerprint density at radius 2 is 1.97 bits per heavy atom. The minimum atomic E-state index is -3.35. The molecule has 1 aromatic rings. The van der Waals surface area contributed by atoms with Crippen molar-refractivity contribution < 1.29 is 17.2 Å². The first-order valence-electron chi connectivity index (χ1n) is 10.5. The maximum atomic E-state index is 14.4. The molecule has 1 saturated carbocycles. The van der Waals surface area contributed by atoms with Gasteiger partial charge in [0.15, 0.2) is 0 Å². The second-order valence-electron chi connectivity index (χ2n) is 9.08. The van der Waals surface area contributed by atoms with Gasteiger partial charge in [-0.1, -0.05) is 0 Å². The van der Waals surface area contributed by atoms with Crippen LogP contribution in [0.5, 0.6) is 0 Å². The van der Waals surface area contributed by atoms with Gasteiger partial charge in [-0.05, 0) is 38.5 Å². The van der Waals surface area contributed by atoms with E-state index in [0.29, 0.717) is 38.9 Å². The molecule has 10 heteroatoms. The summed E-state index contributed by atoms with van der Waals surface area (Å²) in [5.41, 5.74) is 8.20. The summed E-state index contributed by atoms with van der Waals surface area (Å²) in [6.07, 6.45) is 6.20. The maximum absolute atomic E-state index is 14.4. The van der Waals surface area contributed by atoms with Crippen molar-refractivity contribution in [3.63, 3.8) is 0 Å². The normalized spacial score (nSPS) is 33.3. The summed E-state index contributed by atoms with van der Waals surface area (Å²) in [5, 5.41) is 4.06. The first-order valence-corrected chi connectivity index (χ1v) is 12.0. The molecular weight excluding hydrogens is 412 g/mol. The van der Waals surface area contributed by atoms with Crippen LogP contribution in [0.4, 0.5) is 8.78 Å². The van der Waals surface area contributed by atoms with Gasteiger partial charge < -0.3 is 5.73 Å². The van der Waals surface area contributed by atoms with Gasteiger partial charge in [0.05, 0.1) is 10.9 Å². The van der Waals surface area contributed by atoms with E-state index in [1.54, 1.807) is 6.20 Å². The van der Waals surface area contributed by atoms with E-state index in [0.717, 1.165) is 15.3 Å². The van der Waals surface area contributed by atoms with Crippen LogP contribution in [0.25, 0.3) is 0 Å². The molecule has 3 heterocycles. The largest absolute Gasteiger partial charge is 0.326 e. The van der Waals surface area contributed by atoms with Crippen molar-refractivity contribution in [2.24, 2.45) is 11.7 Å². The number of aromatic nitrogens is 2. The first-order chi connectivity index (χ1) is 14.2. The average molecular weight is 440 g/mol. The third-order valence-electron chi connectivity index (χ3n) is 6.90. The molecule has 2 N–H and O–H groups in total. The van der Waals surface area contributed by atoms with Gasteiger partial charge in [-0.25, -0.2) is 17.2 Å². The number of nitrogens with zero attached hydrogens (tertiary/aromatic N) is 4. The van der Waals surface area contributed by atoms with Gasteiger partial charge in [-0.2, -0.15) is 9.19 Å². The van der Waals surface area contributed by atoms with Crippen LogP contribution in [0.2, 0.25) is 0 Å². The lowest BCUT2D eigenvalue weighted by Crippen LogP contribution is -2.61. The Morgan fingerprint density at radius 3 is 2.63 bits per heavy atom. The summed E-state index contributed by atoms with van der Waals surface area (Å²) in [6, 6.07) is -0.387. The molecule has 0 bridgehead atoms. The average Bonchev–Trinajstić information content (AvgIpc) is 3.35. The predicted octanol–water partition coefficient (Wildman–Crippen LogP) is 1.67. The Morgan fingerprint density at radius 1 is 1.20 bits per heavy atom. The van der Waals surface area contributed by atoms with Gasteiger partial charge in [0.25, 0.3) is 10.0 Å². The zero-order valence-corrected chi connectivity index (χ0v) is 17.7. The van der Waals surface area contributed by atoms with E-state index in [4.69, 9.17) is 5.73 Å². The molecule has 1 aromatic heterocycles. The van der Waals surface area contributed by atoms with E-state index in [-0.39, 0.29) is 41.5 Å². The quantitative estimate of drug-likeness (QED) is 0.768. The van der Waals surface area contributed by atoms with E-state index in [1.165, 1.54) is 12.2 Å². The van der Waals surface area contributed by atoms with Crippen LogP contribution >= 0.6 is 0 Å². The number of fused-ring (bicyclic) bond motifs is 1. The highest BCUT2D eigenvalue weighted by Gasteiger charge is 2.43. The number of likely N-dealkylation sites (N-methyl/N-ethyl adjacent to an activating group) is 1. The van der Waals surface area contributed by atoms with Gasteiger partial charge in [-0.15, -0.1) is 0 Å². The smallest absolute Gasteiger partial charge is 0.256 e. The van der Waals surface area contributed by atoms with Crippen molar-refractivity contribution in [2.75, 3.05) is 13.6 Å². The number of rotatable bonds is 4.